The average Bonchev–Trinajstić information content (AvgIpc) is 3.18. The molecule has 0 atom stereocenters. The third kappa shape index (κ3) is 2.63. The van der Waals surface area contributed by atoms with E-state index in [1.807, 2.05) is 24.3 Å². The lowest BCUT2D eigenvalue weighted by molar-refractivity contribution is 0.597. The Bertz CT molecular complexity index is 1230. The van der Waals surface area contributed by atoms with Crippen molar-refractivity contribution in [1.82, 2.24) is 0 Å². The highest BCUT2D eigenvalue weighted by Crippen LogP contribution is 2.33. The number of furan rings is 1. The summed E-state index contributed by atoms with van der Waals surface area (Å²) in [6.07, 6.45) is 0. The first kappa shape index (κ1) is 15.4. The van der Waals surface area contributed by atoms with E-state index in [-0.39, 0.29) is 0 Å². The van der Waals surface area contributed by atoms with Crippen LogP contribution in [0, 0.1) is 0 Å². The molecule has 1 heterocycles. The maximum absolute atomic E-state index is 6.12. The summed E-state index contributed by atoms with van der Waals surface area (Å²) in [4.78, 5) is 0. The summed E-state index contributed by atoms with van der Waals surface area (Å²) >= 11 is 3.47. The van der Waals surface area contributed by atoms with E-state index in [4.69, 9.17) is 4.42 Å². The molecule has 2 heteroatoms. The van der Waals surface area contributed by atoms with Gasteiger partial charge in [0.25, 0.3) is 0 Å². The van der Waals surface area contributed by atoms with Crippen molar-refractivity contribution in [3.63, 3.8) is 0 Å². The summed E-state index contributed by atoms with van der Waals surface area (Å²) in [5.41, 5.74) is 2.17. The van der Waals surface area contributed by atoms with Crippen LogP contribution >= 0.6 is 15.9 Å². The second kappa shape index (κ2) is 6.15. The van der Waals surface area contributed by atoms with Crippen molar-refractivity contribution in [1.29, 1.82) is 0 Å². The molecule has 0 radical (unpaired) electrons. The van der Waals surface area contributed by atoms with Crippen LogP contribution in [-0.4, -0.2) is 0 Å². The van der Waals surface area contributed by atoms with Gasteiger partial charge in [-0.3, -0.25) is 0 Å². The molecule has 0 amide bonds. The van der Waals surface area contributed by atoms with Crippen molar-refractivity contribution in [2.75, 3.05) is 0 Å². The molecular formula is C24H15BrO. The standard InChI is InChI=1S/C24H15BrO/c25-20-10-7-17(8-11-20)23-13-14-24(26-23)19-9-12-22-18(15-19)6-5-16-3-1-2-4-21(16)22/h1-15H. The van der Waals surface area contributed by atoms with Crippen molar-refractivity contribution in [3.05, 3.63) is 95.5 Å². The summed E-state index contributed by atoms with van der Waals surface area (Å²) in [6.45, 7) is 0. The molecule has 124 valence electrons. The lowest BCUT2D eigenvalue weighted by atomic mass is 9.99. The van der Waals surface area contributed by atoms with Crippen LogP contribution in [-0.2, 0) is 0 Å². The smallest absolute Gasteiger partial charge is 0.134 e. The van der Waals surface area contributed by atoms with Gasteiger partial charge >= 0.3 is 0 Å². The second-order valence-electron chi connectivity index (χ2n) is 6.39. The topological polar surface area (TPSA) is 13.1 Å². The van der Waals surface area contributed by atoms with Gasteiger partial charge in [-0.05, 0) is 51.9 Å². The van der Waals surface area contributed by atoms with E-state index < -0.39 is 0 Å². The molecule has 0 aliphatic carbocycles. The second-order valence-corrected chi connectivity index (χ2v) is 7.31. The van der Waals surface area contributed by atoms with E-state index in [2.05, 4.69) is 82.7 Å². The van der Waals surface area contributed by atoms with Gasteiger partial charge < -0.3 is 4.42 Å². The van der Waals surface area contributed by atoms with Gasteiger partial charge in [-0.25, -0.2) is 0 Å². The van der Waals surface area contributed by atoms with Crippen LogP contribution in [0.2, 0.25) is 0 Å². The van der Waals surface area contributed by atoms with Crippen molar-refractivity contribution in [3.8, 4) is 22.6 Å². The van der Waals surface area contributed by atoms with Crippen molar-refractivity contribution in [2.24, 2.45) is 0 Å². The Balaban J connectivity index is 1.59. The molecule has 5 aromatic rings. The number of hydrogen-bond acceptors (Lipinski definition) is 1. The van der Waals surface area contributed by atoms with Gasteiger partial charge in [0.1, 0.15) is 11.5 Å². The minimum atomic E-state index is 0.881. The molecule has 0 fully saturated rings. The molecule has 0 saturated carbocycles. The van der Waals surface area contributed by atoms with Crippen LogP contribution < -0.4 is 0 Å². The molecule has 1 nitrogen and oxygen atoms in total. The largest absolute Gasteiger partial charge is 0.456 e. The highest BCUT2D eigenvalue weighted by Gasteiger charge is 2.08. The quantitative estimate of drug-likeness (QED) is 0.278. The van der Waals surface area contributed by atoms with E-state index in [0.717, 1.165) is 27.1 Å². The highest BCUT2D eigenvalue weighted by atomic mass is 79.9. The van der Waals surface area contributed by atoms with Crippen LogP contribution in [0.1, 0.15) is 0 Å². The number of rotatable bonds is 2. The van der Waals surface area contributed by atoms with E-state index in [1.165, 1.54) is 21.5 Å². The maximum atomic E-state index is 6.12. The summed E-state index contributed by atoms with van der Waals surface area (Å²) < 4.78 is 7.18. The van der Waals surface area contributed by atoms with Gasteiger partial charge in [-0.2, -0.15) is 0 Å². The van der Waals surface area contributed by atoms with Crippen LogP contribution in [0.3, 0.4) is 0 Å². The minimum Gasteiger partial charge on any atom is -0.456 e. The Kier molecular flexibility index (Phi) is 3.65. The number of halogens is 1. The Morgan fingerprint density at radius 2 is 1.19 bits per heavy atom. The first-order valence-electron chi connectivity index (χ1n) is 8.56. The van der Waals surface area contributed by atoms with Gasteiger partial charge in [-0.15, -0.1) is 0 Å². The van der Waals surface area contributed by atoms with Crippen LogP contribution in [0.4, 0.5) is 0 Å². The van der Waals surface area contributed by atoms with Gasteiger partial charge in [0.05, 0.1) is 0 Å². The van der Waals surface area contributed by atoms with Gasteiger partial charge in [0.15, 0.2) is 0 Å². The fourth-order valence-electron chi connectivity index (χ4n) is 3.43. The molecule has 1 aromatic heterocycles. The molecule has 0 bridgehead atoms. The first-order chi connectivity index (χ1) is 12.8. The Morgan fingerprint density at radius 1 is 0.538 bits per heavy atom. The third-order valence-electron chi connectivity index (χ3n) is 4.76. The van der Waals surface area contributed by atoms with Crippen molar-refractivity contribution >= 4 is 37.5 Å². The summed E-state index contributed by atoms with van der Waals surface area (Å²) in [6, 6.07) is 31.6. The molecule has 26 heavy (non-hydrogen) atoms. The molecule has 0 aliphatic heterocycles. The van der Waals surface area contributed by atoms with E-state index in [1.54, 1.807) is 0 Å². The Hall–Kier alpha value is -2.84. The zero-order valence-electron chi connectivity index (χ0n) is 13.9. The van der Waals surface area contributed by atoms with Gasteiger partial charge in [0.2, 0.25) is 0 Å². The summed E-state index contributed by atoms with van der Waals surface area (Å²) in [5, 5.41) is 5.05. The molecule has 0 N–H and O–H groups in total. The van der Waals surface area contributed by atoms with Gasteiger partial charge in [0, 0.05) is 15.6 Å². The number of fused-ring (bicyclic) bond motifs is 3. The number of benzene rings is 4. The van der Waals surface area contributed by atoms with Crippen LogP contribution in [0.15, 0.2) is 99.9 Å². The summed E-state index contributed by atoms with van der Waals surface area (Å²) in [7, 11) is 0. The lowest BCUT2D eigenvalue weighted by Gasteiger charge is -2.06. The predicted molar refractivity (Wildman–Crippen MR) is 112 cm³/mol. The number of hydrogen-bond donors (Lipinski definition) is 0. The Labute approximate surface area is 160 Å². The normalized spacial score (nSPS) is 11.3. The molecular weight excluding hydrogens is 384 g/mol. The average molecular weight is 399 g/mol. The zero-order valence-corrected chi connectivity index (χ0v) is 15.5. The molecule has 0 aliphatic rings. The lowest BCUT2D eigenvalue weighted by Crippen LogP contribution is -1.79. The zero-order chi connectivity index (χ0) is 17.5. The fourth-order valence-corrected chi connectivity index (χ4v) is 3.69. The Morgan fingerprint density at radius 3 is 2.04 bits per heavy atom. The van der Waals surface area contributed by atoms with Crippen LogP contribution in [0.5, 0.6) is 0 Å². The highest BCUT2D eigenvalue weighted by molar-refractivity contribution is 9.10. The third-order valence-corrected chi connectivity index (χ3v) is 5.29. The molecule has 4 aromatic carbocycles. The van der Waals surface area contributed by atoms with E-state index in [0.29, 0.717) is 0 Å². The van der Waals surface area contributed by atoms with Crippen molar-refractivity contribution < 1.29 is 4.42 Å². The minimum absolute atomic E-state index is 0.881. The van der Waals surface area contributed by atoms with Crippen LogP contribution in [0.25, 0.3) is 44.2 Å². The van der Waals surface area contributed by atoms with E-state index >= 15 is 0 Å². The first-order valence-corrected chi connectivity index (χ1v) is 9.35. The molecule has 5 rings (SSSR count). The molecule has 0 unspecified atom stereocenters. The monoisotopic (exact) mass is 398 g/mol. The van der Waals surface area contributed by atoms with Crippen molar-refractivity contribution in [2.45, 2.75) is 0 Å². The predicted octanol–water partition coefficient (Wildman–Crippen LogP) is 7.68. The fraction of sp³-hybridized carbons (Fsp3) is 0. The van der Waals surface area contributed by atoms with Gasteiger partial charge in [-0.1, -0.05) is 76.6 Å². The summed E-state index contributed by atoms with van der Waals surface area (Å²) in [5.74, 6) is 1.77. The SMILES string of the molecule is Brc1ccc(-c2ccc(-c3ccc4c(ccc5ccccc54)c3)o2)cc1. The molecule has 0 saturated heterocycles. The van der Waals surface area contributed by atoms with E-state index in [9.17, 15) is 0 Å². The maximum Gasteiger partial charge on any atom is 0.134 e. The molecule has 0 spiro atoms.